The van der Waals surface area contributed by atoms with E-state index < -0.39 is 0 Å². The lowest BCUT2D eigenvalue weighted by Crippen LogP contribution is -2.34. The molecule has 1 aromatic rings. The summed E-state index contributed by atoms with van der Waals surface area (Å²) in [5, 5.41) is 0.390. The molecule has 0 saturated carbocycles. The highest BCUT2D eigenvalue weighted by Crippen LogP contribution is 2.30. The van der Waals surface area contributed by atoms with E-state index in [1.165, 1.54) is 7.11 Å². The molecule has 0 radical (unpaired) electrons. The van der Waals surface area contributed by atoms with Crippen LogP contribution in [0.5, 0.6) is 0 Å². The molecule has 2 aliphatic rings. The number of ether oxygens (including phenoxy) is 1. The fourth-order valence-electron chi connectivity index (χ4n) is 2.08. The van der Waals surface area contributed by atoms with Crippen molar-refractivity contribution in [2.24, 2.45) is 9.98 Å². The third-order valence-corrected chi connectivity index (χ3v) is 3.22. The molecule has 0 saturated heterocycles. The number of halogens is 1. The minimum absolute atomic E-state index is 0.389. The molecule has 0 atom stereocenters. The first-order chi connectivity index (χ1) is 8.70. The van der Waals surface area contributed by atoms with E-state index in [0.29, 0.717) is 23.1 Å². The van der Waals surface area contributed by atoms with Crippen molar-refractivity contribution in [3.63, 3.8) is 0 Å². The predicted molar refractivity (Wildman–Crippen MR) is 68.8 cm³/mol. The maximum atomic E-state index is 11.5. The van der Waals surface area contributed by atoms with Crippen LogP contribution in [0.1, 0.15) is 15.9 Å². The van der Waals surface area contributed by atoms with Gasteiger partial charge in [0.15, 0.2) is 0 Å². The van der Waals surface area contributed by atoms with Gasteiger partial charge in [-0.1, -0.05) is 0 Å². The molecular formula is C12H10ClN3O2. The van der Waals surface area contributed by atoms with E-state index in [-0.39, 0.29) is 5.97 Å². The Bertz CT molecular complexity index is 595. The molecule has 0 aliphatic carbocycles. The maximum Gasteiger partial charge on any atom is 0.337 e. The van der Waals surface area contributed by atoms with Crippen molar-refractivity contribution in [1.29, 1.82) is 0 Å². The number of nitrogens with zero attached hydrogens (tertiary/aromatic N) is 3. The highest BCUT2D eigenvalue weighted by Gasteiger charge is 2.28. The molecule has 0 amide bonds. The highest BCUT2D eigenvalue weighted by molar-refractivity contribution is 6.66. The van der Waals surface area contributed by atoms with Gasteiger partial charge in [0.05, 0.1) is 24.9 Å². The van der Waals surface area contributed by atoms with E-state index in [0.717, 1.165) is 17.9 Å². The second-order valence-electron chi connectivity index (χ2n) is 3.96. The number of carbonyl (C=O) groups is 1. The van der Waals surface area contributed by atoms with Crippen LogP contribution in [0.2, 0.25) is 0 Å². The Kier molecular flexibility index (Phi) is 2.56. The van der Waals surface area contributed by atoms with E-state index in [2.05, 4.69) is 14.7 Å². The molecule has 92 valence electrons. The molecule has 0 N–H and O–H groups in total. The molecule has 0 aromatic heterocycles. The van der Waals surface area contributed by atoms with Crippen LogP contribution in [0, 0.1) is 0 Å². The molecular weight excluding hydrogens is 254 g/mol. The van der Waals surface area contributed by atoms with Crippen LogP contribution in [-0.4, -0.2) is 42.2 Å². The first-order valence-corrected chi connectivity index (χ1v) is 5.87. The third-order valence-electron chi connectivity index (χ3n) is 2.94. The number of fused-ring (bicyclic) bond motifs is 3. The number of amidine groups is 2. The Labute approximate surface area is 109 Å². The van der Waals surface area contributed by atoms with Crippen molar-refractivity contribution < 1.29 is 9.53 Å². The van der Waals surface area contributed by atoms with Gasteiger partial charge in [0.25, 0.3) is 0 Å². The summed E-state index contributed by atoms with van der Waals surface area (Å²) in [4.78, 5) is 22.0. The van der Waals surface area contributed by atoms with E-state index >= 15 is 0 Å². The Hall–Kier alpha value is -1.88. The molecule has 0 bridgehead atoms. The molecule has 6 heteroatoms. The van der Waals surface area contributed by atoms with Crippen LogP contribution >= 0.6 is 11.6 Å². The fraction of sp³-hybridized carbons (Fsp3) is 0.250. The second-order valence-corrected chi connectivity index (χ2v) is 4.30. The highest BCUT2D eigenvalue weighted by atomic mass is 35.5. The van der Waals surface area contributed by atoms with Crippen molar-refractivity contribution in [2.75, 3.05) is 20.2 Å². The van der Waals surface area contributed by atoms with Gasteiger partial charge in [-0.3, -0.25) is 9.89 Å². The van der Waals surface area contributed by atoms with E-state index in [9.17, 15) is 4.79 Å². The zero-order chi connectivity index (χ0) is 12.7. The number of methoxy groups -OCH3 is 1. The smallest absolute Gasteiger partial charge is 0.337 e. The number of benzene rings is 1. The van der Waals surface area contributed by atoms with Gasteiger partial charge < -0.3 is 4.74 Å². The Balaban J connectivity index is 2.12. The summed E-state index contributed by atoms with van der Waals surface area (Å²) in [5.74, 6) is 0.432. The SMILES string of the molecule is COC(=O)c1ccc2c(c1)N=C(Cl)N1CCN=C21. The molecule has 0 spiro atoms. The molecule has 3 rings (SSSR count). The normalized spacial score (nSPS) is 16.7. The Morgan fingerprint density at radius 3 is 3.11 bits per heavy atom. The summed E-state index contributed by atoms with van der Waals surface area (Å²) in [6.07, 6.45) is 0. The Morgan fingerprint density at radius 1 is 1.50 bits per heavy atom. The Morgan fingerprint density at radius 2 is 2.33 bits per heavy atom. The summed E-state index contributed by atoms with van der Waals surface area (Å²) in [6.45, 7) is 1.45. The van der Waals surface area contributed by atoms with Gasteiger partial charge in [-0.05, 0) is 29.8 Å². The zero-order valence-electron chi connectivity index (χ0n) is 9.68. The molecule has 2 heterocycles. The average molecular weight is 264 g/mol. The third kappa shape index (κ3) is 1.59. The van der Waals surface area contributed by atoms with Crippen molar-refractivity contribution in [2.45, 2.75) is 0 Å². The van der Waals surface area contributed by atoms with Crippen LogP contribution in [0.4, 0.5) is 5.69 Å². The standard InChI is InChI=1S/C12H10ClN3O2/c1-18-11(17)7-2-3-8-9(6-7)15-12(13)16-5-4-14-10(8)16/h2-3,6H,4-5H2,1H3. The van der Waals surface area contributed by atoms with Gasteiger partial charge in [-0.2, -0.15) is 0 Å². The average Bonchev–Trinajstić information content (AvgIpc) is 2.87. The van der Waals surface area contributed by atoms with Gasteiger partial charge in [0.1, 0.15) is 5.84 Å². The molecule has 5 nitrogen and oxygen atoms in total. The number of rotatable bonds is 1. The van der Waals surface area contributed by atoms with Crippen LogP contribution in [0.15, 0.2) is 28.2 Å². The van der Waals surface area contributed by atoms with Gasteiger partial charge >= 0.3 is 5.97 Å². The predicted octanol–water partition coefficient (Wildman–Crippen LogP) is 1.78. The summed E-state index contributed by atoms with van der Waals surface area (Å²) in [7, 11) is 1.35. The van der Waals surface area contributed by atoms with E-state index in [4.69, 9.17) is 11.6 Å². The monoisotopic (exact) mass is 263 g/mol. The van der Waals surface area contributed by atoms with Gasteiger partial charge in [-0.25, -0.2) is 9.79 Å². The molecule has 18 heavy (non-hydrogen) atoms. The summed E-state index contributed by atoms with van der Waals surface area (Å²) in [6, 6.07) is 5.20. The summed E-state index contributed by atoms with van der Waals surface area (Å²) >= 11 is 6.09. The number of hydrogen-bond acceptors (Lipinski definition) is 5. The summed E-state index contributed by atoms with van der Waals surface area (Å²) < 4.78 is 4.68. The van der Waals surface area contributed by atoms with Crippen LogP contribution in [0.3, 0.4) is 0 Å². The molecule has 1 aromatic carbocycles. The van der Waals surface area contributed by atoms with Gasteiger partial charge in [-0.15, -0.1) is 0 Å². The van der Waals surface area contributed by atoms with Crippen molar-refractivity contribution in [3.05, 3.63) is 29.3 Å². The van der Waals surface area contributed by atoms with Gasteiger partial charge in [0.2, 0.25) is 5.29 Å². The van der Waals surface area contributed by atoms with Crippen LogP contribution in [-0.2, 0) is 4.74 Å². The molecule has 0 unspecified atom stereocenters. The number of carbonyl (C=O) groups excluding carboxylic acids is 1. The fourth-order valence-corrected chi connectivity index (χ4v) is 2.33. The first-order valence-electron chi connectivity index (χ1n) is 5.49. The second kappa shape index (κ2) is 4.10. The summed E-state index contributed by atoms with van der Waals surface area (Å²) in [5.41, 5.74) is 2.00. The van der Waals surface area contributed by atoms with E-state index in [1.807, 2.05) is 11.0 Å². The van der Waals surface area contributed by atoms with Crippen molar-refractivity contribution >= 4 is 34.4 Å². The lowest BCUT2D eigenvalue weighted by atomic mass is 10.1. The topological polar surface area (TPSA) is 54.3 Å². The lowest BCUT2D eigenvalue weighted by molar-refractivity contribution is 0.0601. The minimum Gasteiger partial charge on any atom is -0.465 e. The largest absolute Gasteiger partial charge is 0.465 e. The van der Waals surface area contributed by atoms with Crippen molar-refractivity contribution in [3.8, 4) is 0 Å². The van der Waals surface area contributed by atoms with Crippen LogP contribution < -0.4 is 0 Å². The molecule has 0 fully saturated rings. The quantitative estimate of drug-likeness (QED) is 0.573. The van der Waals surface area contributed by atoms with Crippen molar-refractivity contribution in [1.82, 2.24) is 4.90 Å². The maximum absolute atomic E-state index is 11.5. The minimum atomic E-state index is -0.389. The number of aliphatic imine (C=N–C) groups is 2. The lowest BCUT2D eigenvalue weighted by Gasteiger charge is -2.23. The molecule has 2 aliphatic heterocycles. The zero-order valence-corrected chi connectivity index (χ0v) is 10.4. The van der Waals surface area contributed by atoms with Crippen LogP contribution in [0.25, 0.3) is 0 Å². The number of esters is 1. The first kappa shape index (κ1) is 11.2. The van der Waals surface area contributed by atoms with E-state index in [1.54, 1.807) is 12.1 Å². The van der Waals surface area contributed by atoms with Gasteiger partial charge in [0, 0.05) is 12.1 Å². The number of hydrogen-bond donors (Lipinski definition) is 0.